The Labute approximate surface area is 162 Å². The molecule has 1 aliphatic rings. The summed E-state index contributed by atoms with van der Waals surface area (Å²) in [6.45, 7) is 0.173. The van der Waals surface area contributed by atoms with Gasteiger partial charge in [0.25, 0.3) is 0 Å². The number of nitrogens with one attached hydrogen (secondary N) is 3. The topological polar surface area (TPSA) is 103 Å². The Bertz CT molecular complexity index is 1230. The van der Waals surface area contributed by atoms with Crippen molar-refractivity contribution in [2.24, 2.45) is 0 Å². The van der Waals surface area contributed by atoms with E-state index in [0.717, 1.165) is 46.7 Å². The van der Waals surface area contributed by atoms with Crippen LogP contribution in [0.3, 0.4) is 0 Å². The van der Waals surface area contributed by atoms with Crippen molar-refractivity contribution in [3.8, 4) is 11.3 Å². The molecule has 3 heterocycles. The minimum absolute atomic E-state index is 0.0258. The zero-order valence-corrected chi connectivity index (χ0v) is 15.2. The predicted octanol–water partition coefficient (Wildman–Crippen LogP) is 3.88. The van der Waals surface area contributed by atoms with Crippen LogP contribution in [-0.4, -0.2) is 30.6 Å². The van der Waals surface area contributed by atoms with E-state index in [0.29, 0.717) is 23.3 Å². The fraction of sp³-hybridized carbons (Fsp3) is 0.316. The number of hydrogen-bond donors (Lipinski definition) is 4. The van der Waals surface area contributed by atoms with Gasteiger partial charge in [0.15, 0.2) is 0 Å². The van der Waals surface area contributed by atoms with Gasteiger partial charge in [-0.25, -0.2) is 4.98 Å². The summed E-state index contributed by atoms with van der Waals surface area (Å²) in [7, 11) is 0. The summed E-state index contributed by atoms with van der Waals surface area (Å²) in [6, 6.07) is 3.56. The lowest BCUT2D eigenvalue weighted by Gasteiger charge is -2.22. The van der Waals surface area contributed by atoms with E-state index < -0.39 is 11.9 Å². The van der Waals surface area contributed by atoms with E-state index in [9.17, 15) is 13.2 Å². The van der Waals surface area contributed by atoms with Crippen LogP contribution in [0, 0.1) is 0 Å². The molecule has 1 aliphatic carbocycles. The molecule has 4 aromatic rings. The third-order valence-corrected chi connectivity index (χ3v) is 5.50. The van der Waals surface area contributed by atoms with E-state index in [1.807, 2.05) is 0 Å². The molecule has 0 atom stereocenters. The minimum atomic E-state index is -4.54. The second-order valence-corrected chi connectivity index (χ2v) is 7.17. The van der Waals surface area contributed by atoms with E-state index >= 15 is 0 Å². The zero-order valence-electron chi connectivity index (χ0n) is 15.2. The molecule has 0 aliphatic heterocycles. The van der Waals surface area contributed by atoms with Crippen LogP contribution in [0.1, 0.15) is 35.4 Å². The molecule has 0 unspecified atom stereocenters. The van der Waals surface area contributed by atoms with Crippen LogP contribution >= 0.6 is 0 Å². The zero-order chi connectivity index (χ0) is 20.2. The lowest BCUT2D eigenvalue weighted by molar-refractivity contribution is -0.140. The molecule has 0 spiro atoms. The summed E-state index contributed by atoms with van der Waals surface area (Å²) in [5.41, 5.74) is 5.41. The van der Waals surface area contributed by atoms with Crippen LogP contribution in [0.15, 0.2) is 18.3 Å². The van der Waals surface area contributed by atoms with Gasteiger partial charge in [0.1, 0.15) is 5.69 Å². The standard InChI is InChI=1S/C19H17F3N6O/c20-19(21,22)18-11(7-23-28-18)17-10-4-2-1-3-9(10)15-12(25-17)5-6-13-16(15)14(8-24-29)27-26-13/h5-7,24,29H,1-4,8H2,(H,23,28)(H,26,27). The largest absolute Gasteiger partial charge is 0.433 e. The number of H-pyrrole nitrogens is 2. The quantitative estimate of drug-likeness (QED) is 0.390. The molecule has 0 saturated carbocycles. The number of aromatic amines is 2. The summed E-state index contributed by atoms with van der Waals surface area (Å²) in [6.07, 6.45) is -0.111. The highest BCUT2D eigenvalue weighted by molar-refractivity contribution is 6.09. The second kappa shape index (κ2) is 6.53. The van der Waals surface area contributed by atoms with Crippen molar-refractivity contribution in [2.45, 2.75) is 38.4 Å². The Balaban J connectivity index is 1.86. The molecule has 0 amide bonds. The van der Waals surface area contributed by atoms with Crippen LogP contribution in [0.25, 0.3) is 33.1 Å². The number of halogens is 3. The Kier molecular flexibility index (Phi) is 4.07. The normalized spacial score (nSPS) is 14.6. The van der Waals surface area contributed by atoms with Crippen molar-refractivity contribution in [2.75, 3.05) is 0 Å². The van der Waals surface area contributed by atoms with Gasteiger partial charge in [0.2, 0.25) is 0 Å². The number of aromatic nitrogens is 5. The summed E-state index contributed by atoms with van der Waals surface area (Å²) in [4.78, 5) is 4.65. The number of alkyl halides is 3. The third-order valence-electron chi connectivity index (χ3n) is 5.50. The van der Waals surface area contributed by atoms with Crippen LogP contribution in [0.4, 0.5) is 13.2 Å². The highest BCUT2D eigenvalue weighted by Gasteiger charge is 2.37. The molecule has 0 fully saturated rings. The molecule has 150 valence electrons. The molecular weight excluding hydrogens is 385 g/mol. The molecule has 10 heteroatoms. The van der Waals surface area contributed by atoms with E-state index in [1.54, 1.807) is 12.1 Å². The second-order valence-electron chi connectivity index (χ2n) is 7.17. The van der Waals surface area contributed by atoms with Gasteiger partial charge in [-0.1, -0.05) is 0 Å². The highest BCUT2D eigenvalue weighted by Crippen LogP contribution is 2.41. The van der Waals surface area contributed by atoms with Gasteiger partial charge in [-0.2, -0.15) is 28.8 Å². The summed E-state index contributed by atoms with van der Waals surface area (Å²) in [5, 5.41) is 23.8. The molecule has 0 saturated heterocycles. The predicted molar refractivity (Wildman–Crippen MR) is 99.2 cm³/mol. The third kappa shape index (κ3) is 2.78. The van der Waals surface area contributed by atoms with Crippen molar-refractivity contribution in [1.82, 2.24) is 30.9 Å². The number of benzene rings is 1. The van der Waals surface area contributed by atoms with Gasteiger partial charge in [-0.05, 0) is 48.9 Å². The maximum Gasteiger partial charge on any atom is 0.433 e. The van der Waals surface area contributed by atoms with E-state index in [2.05, 4.69) is 30.9 Å². The average molecular weight is 402 g/mol. The maximum absolute atomic E-state index is 13.5. The summed E-state index contributed by atoms with van der Waals surface area (Å²) >= 11 is 0. The number of aryl methyl sites for hydroxylation is 1. The fourth-order valence-electron chi connectivity index (χ4n) is 4.30. The van der Waals surface area contributed by atoms with Gasteiger partial charge < -0.3 is 5.21 Å². The first kappa shape index (κ1) is 18.1. The van der Waals surface area contributed by atoms with Crippen molar-refractivity contribution in [1.29, 1.82) is 0 Å². The number of fused-ring (bicyclic) bond motifs is 5. The van der Waals surface area contributed by atoms with Crippen LogP contribution in [0.5, 0.6) is 0 Å². The molecule has 4 N–H and O–H groups in total. The maximum atomic E-state index is 13.5. The number of nitrogens with zero attached hydrogens (tertiary/aromatic N) is 3. The monoisotopic (exact) mass is 402 g/mol. The summed E-state index contributed by atoms with van der Waals surface area (Å²) in [5.74, 6) is 0. The molecule has 1 aromatic carbocycles. The molecule has 29 heavy (non-hydrogen) atoms. The average Bonchev–Trinajstić information content (AvgIpc) is 3.35. The SMILES string of the molecule is ONCc1[nH]nc2ccc3nc(-c4cn[nH]c4C(F)(F)F)c4c(c3c12)CCCC4. The van der Waals surface area contributed by atoms with E-state index in [4.69, 9.17) is 5.21 Å². The first-order chi connectivity index (χ1) is 14.0. The lowest BCUT2D eigenvalue weighted by Crippen LogP contribution is -2.12. The van der Waals surface area contributed by atoms with Gasteiger partial charge in [-0.3, -0.25) is 10.2 Å². The fourth-order valence-corrected chi connectivity index (χ4v) is 4.30. The molecule has 7 nitrogen and oxygen atoms in total. The van der Waals surface area contributed by atoms with Gasteiger partial charge in [0.05, 0.1) is 40.7 Å². The first-order valence-electron chi connectivity index (χ1n) is 9.28. The van der Waals surface area contributed by atoms with Crippen molar-refractivity contribution in [3.63, 3.8) is 0 Å². The number of hydroxylamine groups is 1. The molecule has 0 radical (unpaired) electrons. The van der Waals surface area contributed by atoms with Gasteiger partial charge in [-0.15, -0.1) is 0 Å². The minimum Gasteiger partial charge on any atom is -0.316 e. The van der Waals surface area contributed by atoms with Crippen LogP contribution in [-0.2, 0) is 25.6 Å². The Morgan fingerprint density at radius 2 is 1.79 bits per heavy atom. The van der Waals surface area contributed by atoms with Gasteiger partial charge in [0, 0.05) is 10.8 Å². The summed E-state index contributed by atoms with van der Waals surface area (Å²) < 4.78 is 40.4. The van der Waals surface area contributed by atoms with E-state index in [1.165, 1.54) is 6.20 Å². The molecule has 5 rings (SSSR count). The smallest absolute Gasteiger partial charge is 0.316 e. The number of hydrogen-bond acceptors (Lipinski definition) is 5. The first-order valence-corrected chi connectivity index (χ1v) is 9.28. The van der Waals surface area contributed by atoms with Crippen molar-refractivity contribution in [3.05, 3.63) is 40.8 Å². The van der Waals surface area contributed by atoms with Crippen LogP contribution < -0.4 is 5.48 Å². The van der Waals surface area contributed by atoms with Crippen molar-refractivity contribution < 1.29 is 18.4 Å². The van der Waals surface area contributed by atoms with Crippen molar-refractivity contribution >= 4 is 21.8 Å². The van der Waals surface area contributed by atoms with E-state index in [-0.39, 0.29) is 12.1 Å². The van der Waals surface area contributed by atoms with Gasteiger partial charge >= 0.3 is 6.18 Å². The lowest BCUT2D eigenvalue weighted by atomic mass is 9.85. The van der Waals surface area contributed by atoms with Crippen LogP contribution in [0.2, 0.25) is 0 Å². The molecule has 3 aromatic heterocycles. The Morgan fingerprint density at radius 3 is 2.55 bits per heavy atom. The Morgan fingerprint density at radius 1 is 1.03 bits per heavy atom. The highest BCUT2D eigenvalue weighted by atomic mass is 19.4. The molecular formula is C19H17F3N6O. The number of rotatable bonds is 3. The number of pyridine rings is 1. The molecule has 0 bridgehead atoms. The Hall–Kier alpha value is -2.98.